The summed E-state index contributed by atoms with van der Waals surface area (Å²) < 4.78 is 5.61. The molecule has 5 N–H and O–H groups in total. The van der Waals surface area contributed by atoms with Gasteiger partial charge in [-0.05, 0) is 51.9 Å². The molecule has 2 aliphatic rings. The fourth-order valence-corrected chi connectivity index (χ4v) is 6.64. The van der Waals surface area contributed by atoms with Gasteiger partial charge in [0.05, 0.1) is 47.4 Å². The smallest absolute Gasteiger partial charge is 0.236 e. The van der Waals surface area contributed by atoms with E-state index in [0.717, 1.165) is 5.13 Å². The third-order valence-electron chi connectivity index (χ3n) is 8.32. The summed E-state index contributed by atoms with van der Waals surface area (Å²) in [6.07, 6.45) is 5.31. The Labute approximate surface area is 290 Å². The summed E-state index contributed by atoms with van der Waals surface area (Å²) in [6.45, 7) is 9.98. The van der Waals surface area contributed by atoms with Crippen molar-refractivity contribution in [3.8, 4) is 5.88 Å². The molecule has 5 rings (SSSR count). The Kier molecular flexibility index (Phi) is 11.5. The number of amidine groups is 1. The summed E-state index contributed by atoms with van der Waals surface area (Å²) in [6, 6.07) is 6.82. The minimum absolute atomic E-state index is 0.0179. The number of ether oxygens (including phenoxy) is 1. The number of carbonyl (C=O) groups is 2. The molecule has 1 atom stereocenters. The lowest BCUT2D eigenvalue weighted by molar-refractivity contribution is -0.132. The van der Waals surface area contributed by atoms with E-state index < -0.39 is 0 Å². The van der Waals surface area contributed by atoms with Gasteiger partial charge in [-0.3, -0.25) is 30.2 Å². The van der Waals surface area contributed by atoms with Crippen LogP contribution in [0.5, 0.6) is 5.88 Å². The number of aliphatic imine (C=N–C) groups is 1. The lowest BCUT2D eigenvalue weighted by atomic mass is 10.1. The molecule has 3 aromatic heterocycles. The number of nitrogen functional groups attached to an aromatic ring is 1. The number of nitrogens with one attached hydrogen (secondary N) is 3. The van der Waals surface area contributed by atoms with E-state index in [9.17, 15) is 9.59 Å². The van der Waals surface area contributed by atoms with Crippen LogP contribution in [0.1, 0.15) is 43.3 Å². The second-order valence-corrected chi connectivity index (χ2v) is 13.1. The normalized spacial score (nSPS) is 16.7. The highest BCUT2D eigenvalue weighted by Gasteiger charge is 2.34. The van der Waals surface area contributed by atoms with Crippen molar-refractivity contribution in [1.29, 1.82) is 10.8 Å². The summed E-state index contributed by atoms with van der Waals surface area (Å²) in [5.74, 6) is 0.750. The van der Waals surface area contributed by atoms with Crippen molar-refractivity contribution in [3.63, 3.8) is 0 Å². The topological polar surface area (TPSA) is 193 Å². The highest BCUT2D eigenvalue weighted by atomic mass is 32.1. The van der Waals surface area contributed by atoms with Gasteiger partial charge in [-0.15, -0.1) is 0 Å². The first-order chi connectivity index (χ1) is 23.6. The van der Waals surface area contributed by atoms with Crippen molar-refractivity contribution in [2.45, 2.75) is 33.3 Å². The molecule has 49 heavy (non-hydrogen) atoms. The molecule has 0 radical (unpaired) electrons. The number of rotatable bonds is 12. The standard InChI is InChI=1S/C33H44N12O3S/c1-5-45(26-8-7-24(34)30(41-26)29(35)22-6-9-27(38-16-22)48-21(2)3)32(47)23-10-11-42(18-23)19-28(46)43-12-14-44(15-13-43)33-39-17-25(49-33)31(36)40-20-37-4/h6-9,16-17,20-21,23,35H,5,10-15,18-19,34H2,1-4H3,(H2,36,37,40)/t23-/m1/s1. The molecule has 2 aliphatic heterocycles. The van der Waals surface area contributed by atoms with Gasteiger partial charge in [-0.2, -0.15) is 0 Å². The van der Waals surface area contributed by atoms with E-state index in [0.29, 0.717) is 80.1 Å². The Balaban J connectivity index is 1.14. The van der Waals surface area contributed by atoms with Crippen LogP contribution >= 0.6 is 11.3 Å². The molecule has 0 aromatic carbocycles. The molecule has 260 valence electrons. The molecule has 0 bridgehead atoms. The predicted octanol–water partition coefficient (Wildman–Crippen LogP) is 2.32. The van der Waals surface area contributed by atoms with Gasteiger partial charge in [0.2, 0.25) is 17.7 Å². The number of nitrogens with two attached hydrogens (primary N) is 1. The second kappa shape index (κ2) is 16.0. The molecule has 16 heteroatoms. The molecule has 0 aliphatic carbocycles. The zero-order valence-corrected chi connectivity index (χ0v) is 29.2. The summed E-state index contributed by atoms with van der Waals surface area (Å²) in [4.78, 5) is 52.8. The number of hydrogen-bond donors (Lipinski definition) is 4. The van der Waals surface area contributed by atoms with E-state index >= 15 is 0 Å². The highest BCUT2D eigenvalue weighted by Crippen LogP contribution is 2.26. The number of likely N-dealkylation sites (tertiary alicyclic amines) is 1. The molecule has 0 spiro atoms. The lowest BCUT2D eigenvalue weighted by Crippen LogP contribution is -2.51. The Morgan fingerprint density at radius 2 is 1.92 bits per heavy atom. The van der Waals surface area contributed by atoms with E-state index in [4.69, 9.17) is 21.3 Å². The van der Waals surface area contributed by atoms with Gasteiger partial charge in [0, 0.05) is 64.1 Å². The fraction of sp³-hybridized carbons (Fsp3) is 0.455. The summed E-state index contributed by atoms with van der Waals surface area (Å²) >= 11 is 1.42. The Hall–Kier alpha value is -4.96. The SMILES string of the molecule is CCN(C(=O)[C@@H]1CCN(CC(=O)N2CCN(c3ncc(C(=N)/N=C\NC)s3)CC2)C1)c1ccc(N)c(C(=N)c2ccc(OC(C)C)nc2)n1. The van der Waals surface area contributed by atoms with Crippen molar-refractivity contribution in [2.24, 2.45) is 10.9 Å². The molecule has 0 unspecified atom stereocenters. The lowest BCUT2D eigenvalue weighted by Gasteiger charge is -2.35. The van der Waals surface area contributed by atoms with Crippen LogP contribution in [0.15, 0.2) is 41.7 Å². The number of piperazine rings is 1. The zero-order chi connectivity index (χ0) is 35.1. The average molecular weight is 689 g/mol. The maximum absolute atomic E-state index is 13.8. The molecule has 0 saturated carbocycles. The molecule has 15 nitrogen and oxygen atoms in total. The third-order valence-corrected chi connectivity index (χ3v) is 9.39. The third kappa shape index (κ3) is 8.56. The average Bonchev–Trinajstić information content (AvgIpc) is 3.79. The zero-order valence-electron chi connectivity index (χ0n) is 28.3. The number of carbonyl (C=O) groups excluding carboxylic acids is 2. The van der Waals surface area contributed by atoms with E-state index in [2.05, 4.69) is 30.2 Å². The van der Waals surface area contributed by atoms with Gasteiger partial charge < -0.3 is 25.6 Å². The van der Waals surface area contributed by atoms with Gasteiger partial charge >= 0.3 is 0 Å². The number of pyridine rings is 2. The number of anilines is 3. The van der Waals surface area contributed by atoms with Crippen LogP contribution in [0, 0.1) is 16.7 Å². The summed E-state index contributed by atoms with van der Waals surface area (Å²) in [7, 11) is 1.73. The van der Waals surface area contributed by atoms with E-state index in [1.165, 1.54) is 17.7 Å². The molecule has 5 heterocycles. The first-order valence-corrected chi connectivity index (χ1v) is 17.2. The quantitative estimate of drug-likeness (QED) is 0.162. The van der Waals surface area contributed by atoms with E-state index in [1.54, 1.807) is 48.6 Å². The minimum Gasteiger partial charge on any atom is -0.475 e. The number of aromatic nitrogens is 3. The van der Waals surface area contributed by atoms with Gasteiger partial charge in [0.25, 0.3) is 0 Å². The molecule has 2 amide bonds. The van der Waals surface area contributed by atoms with Gasteiger partial charge in [-0.1, -0.05) is 11.3 Å². The molecule has 2 fully saturated rings. The van der Waals surface area contributed by atoms with Crippen LogP contribution in [-0.4, -0.2) is 120 Å². The minimum atomic E-state index is -0.278. The van der Waals surface area contributed by atoms with Gasteiger partial charge in [0.1, 0.15) is 11.5 Å². The number of hydrogen-bond acceptors (Lipinski definition) is 12. The molecule has 2 saturated heterocycles. The molecular weight excluding hydrogens is 645 g/mol. The Bertz CT molecular complexity index is 1680. The predicted molar refractivity (Wildman–Crippen MR) is 192 cm³/mol. The number of thiazole rings is 1. The van der Waals surface area contributed by atoms with E-state index in [-0.39, 0.29) is 47.6 Å². The van der Waals surface area contributed by atoms with Crippen LogP contribution in [-0.2, 0) is 9.59 Å². The summed E-state index contributed by atoms with van der Waals surface area (Å²) in [5, 5.41) is 20.4. The highest BCUT2D eigenvalue weighted by molar-refractivity contribution is 7.17. The maximum Gasteiger partial charge on any atom is 0.236 e. The van der Waals surface area contributed by atoms with Crippen LogP contribution in [0.4, 0.5) is 16.6 Å². The first kappa shape index (κ1) is 35.3. The maximum atomic E-state index is 13.8. The molecule has 3 aromatic rings. The number of amides is 2. The van der Waals surface area contributed by atoms with Gasteiger partial charge in [0.15, 0.2) is 11.0 Å². The fourth-order valence-electron chi connectivity index (χ4n) is 5.77. The number of nitrogens with zero attached hydrogens (tertiary/aromatic N) is 8. The molecular formula is C33H44N12O3S. The second-order valence-electron chi connectivity index (χ2n) is 12.1. The van der Waals surface area contributed by atoms with Crippen molar-refractivity contribution in [2.75, 3.05) is 74.9 Å². The van der Waals surface area contributed by atoms with Crippen molar-refractivity contribution in [3.05, 3.63) is 52.8 Å². The van der Waals surface area contributed by atoms with Crippen LogP contribution in [0.25, 0.3) is 0 Å². The largest absolute Gasteiger partial charge is 0.475 e. The van der Waals surface area contributed by atoms with Crippen LogP contribution in [0.3, 0.4) is 0 Å². The van der Waals surface area contributed by atoms with Crippen LogP contribution < -0.4 is 25.6 Å². The van der Waals surface area contributed by atoms with Crippen molar-refractivity contribution < 1.29 is 14.3 Å². The first-order valence-electron chi connectivity index (χ1n) is 16.4. The summed E-state index contributed by atoms with van der Waals surface area (Å²) in [5.41, 5.74) is 7.48. The monoisotopic (exact) mass is 688 g/mol. The van der Waals surface area contributed by atoms with Crippen LogP contribution in [0.2, 0.25) is 0 Å². The van der Waals surface area contributed by atoms with Crippen molar-refractivity contribution >= 4 is 57.7 Å². The Morgan fingerprint density at radius 1 is 1.14 bits per heavy atom. The van der Waals surface area contributed by atoms with E-state index in [1.807, 2.05) is 30.6 Å². The Morgan fingerprint density at radius 3 is 2.59 bits per heavy atom. The van der Waals surface area contributed by atoms with Gasteiger partial charge in [-0.25, -0.2) is 19.9 Å². The van der Waals surface area contributed by atoms with Crippen molar-refractivity contribution in [1.82, 2.24) is 30.1 Å².